The Bertz CT molecular complexity index is 718. The number of hydrogen-bond acceptors (Lipinski definition) is 4. The molecule has 6 nitrogen and oxygen atoms in total. The van der Waals surface area contributed by atoms with Crippen LogP contribution in [0.4, 0.5) is 0 Å². The van der Waals surface area contributed by atoms with E-state index in [1.54, 1.807) is 24.1 Å². The summed E-state index contributed by atoms with van der Waals surface area (Å²) in [6.45, 7) is 0.702. The zero-order chi connectivity index (χ0) is 18.1. The van der Waals surface area contributed by atoms with Crippen LogP contribution in [0.5, 0.6) is 0 Å². The van der Waals surface area contributed by atoms with Crippen LogP contribution in [0.15, 0.2) is 24.3 Å². The standard InChI is InChI=1S/C19H23N3O3/c1-21-17(24)19(13-25-2)8-3-11-22(19)16(23)14-4-6-15(7-5-14)18(12-20)9-10-18/h4-7H,3,8-11,13H2,1-2H3,(H,21,24). The van der Waals surface area contributed by atoms with E-state index in [1.165, 1.54) is 7.11 Å². The van der Waals surface area contributed by atoms with Crippen LogP contribution in [-0.4, -0.2) is 49.6 Å². The summed E-state index contributed by atoms with van der Waals surface area (Å²) in [6.07, 6.45) is 3.09. The number of carbonyl (C=O) groups is 2. The highest BCUT2D eigenvalue weighted by Crippen LogP contribution is 2.47. The van der Waals surface area contributed by atoms with Gasteiger partial charge in [0.2, 0.25) is 5.91 Å². The molecule has 1 saturated carbocycles. The minimum absolute atomic E-state index is 0.175. The third-order valence-corrected chi connectivity index (χ3v) is 5.42. The largest absolute Gasteiger partial charge is 0.382 e. The summed E-state index contributed by atoms with van der Waals surface area (Å²) < 4.78 is 5.26. The van der Waals surface area contributed by atoms with E-state index in [-0.39, 0.29) is 23.8 Å². The Labute approximate surface area is 147 Å². The molecule has 1 saturated heterocycles. The van der Waals surface area contributed by atoms with E-state index >= 15 is 0 Å². The van der Waals surface area contributed by atoms with E-state index in [0.29, 0.717) is 18.5 Å². The highest BCUT2D eigenvalue weighted by atomic mass is 16.5. The van der Waals surface area contributed by atoms with Crippen LogP contribution in [0.25, 0.3) is 0 Å². The number of ether oxygens (including phenoxy) is 1. The maximum atomic E-state index is 13.0. The monoisotopic (exact) mass is 341 g/mol. The van der Waals surface area contributed by atoms with Gasteiger partial charge in [-0.15, -0.1) is 0 Å². The first-order valence-electron chi connectivity index (χ1n) is 8.58. The number of nitriles is 1. The number of carbonyl (C=O) groups excluding carboxylic acids is 2. The lowest BCUT2D eigenvalue weighted by molar-refractivity contribution is -0.133. The van der Waals surface area contributed by atoms with Crippen molar-refractivity contribution in [3.05, 3.63) is 35.4 Å². The molecule has 0 bridgehead atoms. The van der Waals surface area contributed by atoms with Crippen LogP contribution in [0, 0.1) is 11.3 Å². The average Bonchev–Trinajstić information content (AvgIpc) is 3.34. The highest BCUT2D eigenvalue weighted by molar-refractivity contribution is 5.99. The van der Waals surface area contributed by atoms with E-state index in [1.807, 2.05) is 12.1 Å². The van der Waals surface area contributed by atoms with Crippen molar-refractivity contribution in [1.82, 2.24) is 10.2 Å². The molecule has 1 aromatic carbocycles. The van der Waals surface area contributed by atoms with Crippen molar-refractivity contribution in [3.8, 4) is 6.07 Å². The Kier molecular flexibility index (Phi) is 4.53. The number of amides is 2. The highest BCUT2D eigenvalue weighted by Gasteiger charge is 2.50. The Morgan fingerprint density at radius 3 is 2.48 bits per heavy atom. The molecule has 0 aromatic heterocycles. The lowest BCUT2D eigenvalue weighted by Gasteiger charge is -2.36. The SMILES string of the molecule is CNC(=O)C1(COC)CCCN1C(=O)c1ccc(C2(C#N)CC2)cc1. The van der Waals surface area contributed by atoms with Gasteiger partial charge in [-0.1, -0.05) is 12.1 Å². The van der Waals surface area contributed by atoms with Gasteiger partial charge in [-0.05, 0) is 43.4 Å². The molecular weight excluding hydrogens is 318 g/mol. The molecule has 1 atom stereocenters. The summed E-state index contributed by atoms with van der Waals surface area (Å²) in [4.78, 5) is 27.1. The Morgan fingerprint density at radius 1 is 1.28 bits per heavy atom. The summed E-state index contributed by atoms with van der Waals surface area (Å²) in [6, 6.07) is 9.59. The van der Waals surface area contributed by atoms with Crippen molar-refractivity contribution >= 4 is 11.8 Å². The van der Waals surface area contributed by atoms with E-state index in [2.05, 4.69) is 11.4 Å². The quantitative estimate of drug-likeness (QED) is 0.882. The zero-order valence-corrected chi connectivity index (χ0v) is 14.7. The molecule has 3 rings (SSSR count). The number of methoxy groups -OCH3 is 1. The smallest absolute Gasteiger partial charge is 0.254 e. The lowest BCUT2D eigenvalue weighted by atomic mass is 9.94. The predicted molar refractivity (Wildman–Crippen MR) is 91.9 cm³/mol. The fourth-order valence-corrected chi connectivity index (χ4v) is 3.78. The molecule has 2 fully saturated rings. The molecule has 0 radical (unpaired) electrons. The third-order valence-electron chi connectivity index (χ3n) is 5.42. The van der Waals surface area contributed by atoms with Crippen molar-refractivity contribution in [2.24, 2.45) is 0 Å². The number of rotatable bonds is 5. The first kappa shape index (κ1) is 17.4. The molecule has 1 aromatic rings. The second kappa shape index (κ2) is 6.49. The van der Waals surface area contributed by atoms with E-state index in [0.717, 1.165) is 24.8 Å². The Balaban J connectivity index is 1.86. The molecule has 1 N–H and O–H groups in total. The van der Waals surface area contributed by atoms with Gasteiger partial charge in [0.1, 0.15) is 5.54 Å². The number of likely N-dealkylation sites (N-methyl/N-ethyl adjacent to an activating group) is 1. The third kappa shape index (κ3) is 2.79. The van der Waals surface area contributed by atoms with Crippen LogP contribution in [0.2, 0.25) is 0 Å². The molecular formula is C19H23N3O3. The summed E-state index contributed by atoms with van der Waals surface area (Å²) in [5.74, 6) is -0.371. The minimum Gasteiger partial charge on any atom is -0.382 e. The normalized spacial score (nSPS) is 23.8. The van der Waals surface area contributed by atoms with E-state index in [9.17, 15) is 14.9 Å². The molecule has 6 heteroatoms. The maximum absolute atomic E-state index is 13.0. The van der Waals surface area contributed by atoms with E-state index < -0.39 is 5.54 Å². The van der Waals surface area contributed by atoms with Gasteiger partial charge in [-0.25, -0.2) is 0 Å². The summed E-state index contributed by atoms with van der Waals surface area (Å²) in [5.41, 5.74) is 0.173. The molecule has 132 valence electrons. The summed E-state index contributed by atoms with van der Waals surface area (Å²) in [5, 5.41) is 12.0. The molecule has 1 aliphatic heterocycles. The summed E-state index contributed by atoms with van der Waals surface area (Å²) >= 11 is 0. The summed E-state index contributed by atoms with van der Waals surface area (Å²) in [7, 11) is 3.11. The van der Waals surface area contributed by atoms with Gasteiger partial charge >= 0.3 is 0 Å². The average molecular weight is 341 g/mol. The van der Waals surface area contributed by atoms with Crippen molar-refractivity contribution in [3.63, 3.8) is 0 Å². The predicted octanol–water partition coefficient (Wildman–Crippen LogP) is 1.61. The van der Waals surface area contributed by atoms with Gasteiger partial charge < -0.3 is 15.0 Å². The molecule has 1 aliphatic carbocycles. The molecule has 1 unspecified atom stereocenters. The number of hydrogen-bond donors (Lipinski definition) is 1. The van der Waals surface area contributed by atoms with Crippen molar-refractivity contribution in [1.29, 1.82) is 5.26 Å². The van der Waals surface area contributed by atoms with Crippen LogP contribution >= 0.6 is 0 Å². The van der Waals surface area contributed by atoms with Crippen molar-refractivity contribution in [2.75, 3.05) is 27.3 Å². The van der Waals surface area contributed by atoms with E-state index in [4.69, 9.17) is 4.74 Å². The Hall–Kier alpha value is -2.39. The second-order valence-electron chi connectivity index (χ2n) is 6.88. The van der Waals surface area contributed by atoms with Gasteiger partial charge in [0.15, 0.2) is 0 Å². The van der Waals surface area contributed by atoms with Crippen molar-refractivity contribution < 1.29 is 14.3 Å². The number of nitrogens with one attached hydrogen (secondary N) is 1. The van der Waals surface area contributed by atoms with Crippen LogP contribution in [-0.2, 0) is 14.9 Å². The van der Waals surface area contributed by atoms with Gasteiger partial charge in [0.25, 0.3) is 5.91 Å². The van der Waals surface area contributed by atoms with Gasteiger partial charge in [0.05, 0.1) is 18.1 Å². The first-order chi connectivity index (χ1) is 12.0. The minimum atomic E-state index is -0.955. The fourth-order valence-electron chi connectivity index (χ4n) is 3.78. The lowest BCUT2D eigenvalue weighted by Crippen LogP contribution is -2.59. The first-order valence-corrected chi connectivity index (χ1v) is 8.58. The van der Waals surface area contributed by atoms with Gasteiger partial charge in [-0.3, -0.25) is 9.59 Å². The number of nitrogens with zero attached hydrogens (tertiary/aromatic N) is 2. The van der Waals surface area contributed by atoms with Crippen molar-refractivity contribution in [2.45, 2.75) is 36.6 Å². The van der Waals surface area contributed by atoms with Crippen LogP contribution in [0.3, 0.4) is 0 Å². The molecule has 1 heterocycles. The Morgan fingerprint density at radius 2 is 1.96 bits per heavy atom. The number of benzene rings is 1. The molecule has 25 heavy (non-hydrogen) atoms. The second-order valence-corrected chi connectivity index (χ2v) is 6.88. The maximum Gasteiger partial charge on any atom is 0.254 e. The number of likely N-dealkylation sites (tertiary alicyclic amines) is 1. The van der Waals surface area contributed by atoms with Crippen LogP contribution in [0.1, 0.15) is 41.6 Å². The zero-order valence-electron chi connectivity index (χ0n) is 14.7. The molecule has 0 spiro atoms. The van der Waals surface area contributed by atoms with Gasteiger partial charge in [-0.2, -0.15) is 5.26 Å². The topological polar surface area (TPSA) is 82.4 Å². The molecule has 2 aliphatic rings. The fraction of sp³-hybridized carbons (Fsp3) is 0.526. The van der Waals surface area contributed by atoms with Crippen LogP contribution < -0.4 is 5.32 Å². The molecule has 2 amide bonds. The van der Waals surface area contributed by atoms with Gasteiger partial charge in [0, 0.05) is 26.3 Å².